The molecule has 140 valence electrons. The van der Waals surface area contributed by atoms with Gasteiger partial charge in [0.2, 0.25) is 0 Å². The van der Waals surface area contributed by atoms with E-state index in [4.69, 9.17) is 9.98 Å². The Morgan fingerprint density at radius 3 is 1.92 bits per heavy atom. The van der Waals surface area contributed by atoms with Crippen LogP contribution in [0.15, 0.2) is 82.8 Å². The van der Waals surface area contributed by atoms with Gasteiger partial charge in [-0.1, -0.05) is 68.7 Å². The second-order valence-electron chi connectivity index (χ2n) is 6.04. The molecule has 0 spiro atoms. The SMILES string of the molecule is CC=CC(=Nc1ccccc1)C(CCCCCC)=Nc1ccccc1.[Ni]. The molecule has 2 rings (SSSR count). The number of unbranched alkanes of at least 4 members (excludes halogenated alkanes) is 3. The second kappa shape index (κ2) is 13.2. The Labute approximate surface area is 168 Å². The topological polar surface area (TPSA) is 24.7 Å². The molecule has 2 aromatic rings. The van der Waals surface area contributed by atoms with Crippen molar-refractivity contribution < 1.29 is 16.5 Å². The Morgan fingerprint density at radius 2 is 1.38 bits per heavy atom. The summed E-state index contributed by atoms with van der Waals surface area (Å²) in [7, 11) is 0. The van der Waals surface area contributed by atoms with Gasteiger partial charge >= 0.3 is 0 Å². The van der Waals surface area contributed by atoms with Crippen LogP contribution in [0.3, 0.4) is 0 Å². The third-order valence-corrected chi connectivity index (χ3v) is 3.91. The molecular weight excluding hydrogens is 363 g/mol. The van der Waals surface area contributed by atoms with E-state index in [9.17, 15) is 0 Å². The van der Waals surface area contributed by atoms with Crippen molar-refractivity contribution in [1.29, 1.82) is 0 Å². The molecule has 0 radical (unpaired) electrons. The summed E-state index contributed by atoms with van der Waals surface area (Å²) in [5.74, 6) is 0. The van der Waals surface area contributed by atoms with Crippen LogP contribution in [0.25, 0.3) is 0 Å². The molecule has 0 aliphatic carbocycles. The zero-order valence-electron chi connectivity index (χ0n) is 15.7. The largest absolute Gasteiger partial charge is 0.251 e. The summed E-state index contributed by atoms with van der Waals surface area (Å²) in [4.78, 5) is 9.75. The van der Waals surface area contributed by atoms with Gasteiger partial charge in [-0.3, -0.25) is 4.99 Å². The molecule has 0 N–H and O–H groups in total. The summed E-state index contributed by atoms with van der Waals surface area (Å²) in [6.45, 7) is 4.26. The Morgan fingerprint density at radius 1 is 0.808 bits per heavy atom. The Bertz CT molecular complexity index is 704. The van der Waals surface area contributed by atoms with E-state index in [-0.39, 0.29) is 16.5 Å². The van der Waals surface area contributed by atoms with E-state index in [1.54, 1.807) is 0 Å². The smallest absolute Gasteiger partial charge is 0.0848 e. The molecule has 0 saturated heterocycles. The van der Waals surface area contributed by atoms with Gasteiger partial charge in [0.05, 0.1) is 22.8 Å². The molecule has 0 bridgehead atoms. The van der Waals surface area contributed by atoms with Crippen LogP contribution in [0.1, 0.15) is 46.0 Å². The fourth-order valence-electron chi connectivity index (χ4n) is 2.62. The first-order chi connectivity index (χ1) is 12.3. The quantitative estimate of drug-likeness (QED) is 0.248. The standard InChI is InChI=1S/C23H28N2.Ni/c1-3-5-6-13-19-23(25-21-17-11-8-12-18-21)22(14-4-2)24-20-15-9-7-10-16-20;/h4,7-12,14-18H,3,5-6,13,19H2,1-2H3;. The van der Waals surface area contributed by atoms with Gasteiger partial charge in [-0.05, 0) is 50.1 Å². The number of para-hydroxylation sites is 2. The molecule has 0 saturated carbocycles. The molecule has 26 heavy (non-hydrogen) atoms. The predicted molar refractivity (Wildman–Crippen MR) is 111 cm³/mol. The van der Waals surface area contributed by atoms with E-state index >= 15 is 0 Å². The Kier molecular flexibility index (Phi) is 11.2. The van der Waals surface area contributed by atoms with Crippen molar-refractivity contribution in [1.82, 2.24) is 0 Å². The van der Waals surface area contributed by atoms with E-state index in [2.05, 4.69) is 13.0 Å². The van der Waals surface area contributed by atoms with Crippen molar-refractivity contribution in [2.24, 2.45) is 9.98 Å². The minimum absolute atomic E-state index is 0. The van der Waals surface area contributed by atoms with Crippen molar-refractivity contribution in [3.63, 3.8) is 0 Å². The normalized spacial score (nSPS) is 12.2. The average Bonchev–Trinajstić information content (AvgIpc) is 2.66. The van der Waals surface area contributed by atoms with Crippen LogP contribution in [0.2, 0.25) is 0 Å². The zero-order valence-corrected chi connectivity index (χ0v) is 16.7. The van der Waals surface area contributed by atoms with Gasteiger partial charge in [0.1, 0.15) is 0 Å². The number of hydrogen-bond donors (Lipinski definition) is 0. The molecule has 0 aromatic heterocycles. The van der Waals surface area contributed by atoms with E-state index in [0.717, 1.165) is 35.6 Å². The maximum Gasteiger partial charge on any atom is 0.0848 e. The summed E-state index contributed by atoms with van der Waals surface area (Å²) in [6.07, 6.45) is 9.94. The van der Waals surface area contributed by atoms with Crippen molar-refractivity contribution in [2.45, 2.75) is 46.0 Å². The molecular formula is C23H28N2Ni. The summed E-state index contributed by atoms with van der Waals surface area (Å²) in [5.41, 5.74) is 3.96. The third kappa shape index (κ3) is 7.93. The number of allylic oxidation sites excluding steroid dienone is 2. The fourth-order valence-corrected chi connectivity index (χ4v) is 2.62. The van der Waals surface area contributed by atoms with Crippen LogP contribution in [0, 0.1) is 0 Å². The molecule has 2 aromatic carbocycles. The summed E-state index contributed by atoms with van der Waals surface area (Å²) < 4.78 is 0. The molecule has 0 atom stereocenters. The number of hydrogen-bond acceptors (Lipinski definition) is 2. The number of aliphatic imine (C=N–C) groups is 2. The predicted octanol–water partition coefficient (Wildman–Crippen LogP) is 7.08. The van der Waals surface area contributed by atoms with E-state index in [1.807, 2.05) is 73.7 Å². The summed E-state index contributed by atoms with van der Waals surface area (Å²) in [5, 5.41) is 0. The molecule has 2 nitrogen and oxygen atoms in total. The van der Waals surface area contributed by atoms with Crippen molar-refractivity contribution >= 4 is 22.8 Å². The molecule has 0 unspecified atom stereocenters. The van der Waals surface area contributed by atoms with Gasteiger partial charge in [-0.2, -0.15) is 0 Å². The third-order valence-electron chi connectivity index (χ3n) is 3.91. The molecule has 0 heterocycles. The van der Waals surface area contributed by atoms with Gasteiger partial charge in [0.15, 0.2) is 0 Å². The van der Waals surface area contributed by atoms with Crippen molar-refractivity contribution in [3.8, 4) is 0 Å². The van der Waals surface area contributed by atoms with Gasteiger partial charge < -0.3 is 0 Å². The Balaban J connectivity index is 0.00000338. The maximum absolute atomic E-state index is 4.91. The first kappa shape index (κ1) is 22.1. The number of rotatable bonds is 9. The van der Waals surface area contributed by atoms with Crippen molar-refractivity contribution in [3.05, 3.63) is 72.8 Å². The van der Waals surface area contributed by atoms with Gasteiger partial charge in [0.25, 0.3) is 0 Å². The summed E-state index contributed by atoms with van der Waals surface area (Å²) >= 11 is 0. The second-order valence-corrected chi connectivity index (χ2v) is 6.04. The van der Waals surface area contributed by atoms with Crippen LogP contribution < -0.4 is 0 Å². The minimum Gasteiger partial charge on any atom is -0.251 e. The maximum atomic E-state index is 4.91. The first-order valence-corrected chi connectivity index (χ1v) is 9.23. The monoisotopic (exact) mass is 390 g/mol. The number of nitrogens with zero attached hydrogens (tertiary/aromatic N) is 2. The molecule has 0 fully saturated rings. The first-order valence-electron chi connectivity index (χ1n) is 9.23. The van der Waals surface area contributed by atoms with Crippen LogP contribution in [-0.2, 0) is 16.5 Å². The summed E-state index contributed by atoms with van der Waals surface area (Å²) in [6, 6.07) is 20.3. The van der Waals surface area contributed by atoms with Crippen molar-refractivity contribution in [2.75, 3.05) is 0 Å². The molecule has 3 heteroatoms. The fraction of sp³-hybridized carbons (Fsp3) is 0.304. The molecule has 0 aliphatic heterocycles. The van der Waals surface area contributed by atoms with Crippen LogP contribution in [-0.4, -0.2) is 11.4 Å². The molecule has 0 aliphatic rings. The molecule has 0 amide bonds. The van der Waals surface area contributed by atoms with E-state index < -0.39 is 0 Å². The van der Waals surface area contributed by atoms with Gasteiger partial charge in [-0.25, -0.2) is 4.99 Å². The van der Waals surface area contributed by atoms with E-state index in [0.29, 0.717) is 0 Å². The number of benzene rings is 2. The Hall–Kier alpha value is -1.99. The van der Waals surface area contributed by atoms with E-state index in [1.165, 1.54) is 19.3 Å². The zero-order chi connectivity index (χ0) is 17.7. The van der Waals surface area contributed by atoms with Crippen LogP contribution in [0.4, 0.5) is 11.4 Å². The van der Waals surface area contributed by atoms with Crippen LogP contribution >= 0.6 is 0 Å². The van der Waals surface area contributed by atoms with Gasteiger partial charge in [0, 0.05) is 16.5 Å². The average molecular weight is 391 g/mol. The minimum atomic E-state index is 0. The van der Waals surface area contributed by atoms with Crippen LogP contribution in [0.5, 0.6) is 0 Å². The van der Waals surface area contributed by atoms with Gasteiger partial charge in [-0.15, -0.1) is 0 Å².